The van der Waals surface area contributed by atoms with E-state index < -0.39 is 0 Å². The summed E-state index contributed by atoms with van der Waals surface area (Å²) in [6.07, 6.45) is 9.11. The number of allylic oxidation sites excluding steroid dienone is 2. The summed E-state index contributed by atoms with van der Waals surface area (Å²) in [6.45, 7) is 0. The van der Waals surface area contributed by atoms with Crippen LogP contribution in [0.5, 0.6) is 0 Å². The zero-order chi connectivity index (χ0) is 35.6. The second kappa shape index (κ2) is 12.2. The lowest BCUT2D eigenvalue weighted by atomic mass is 9.88. The van der Waals surface area contributed by atoms with Crippen molar-refractivity contribution < 1.29 is 0 Å². The highest BCUT2D eigenvalue weighted by Crippen LogP contribution is 2.52. The Morgan fingerprint density at radius 1 is 0.444 bits per heavy atom. The van der Waals surface area contributed by atoms with Crippen LogP contribution in [0.2, 0.25) is 0 Å². The molecule has 9 aromatic rings. The molecule has 2 aromatic heterocycles. The number of hydrogen-bond acceptors (Lipinski definition) is 4. The van der Waals surface area contributed by atoms with E-state index in [1.807, 2.05) is 60.7 Å². The first-order chi connectivity index (χ1) is 26.8. The van der Waals surface area contributed by atoms with E-state index in [2.05, 4.69) is 137 Å². The van der Waals surface area contributed by atoms with Gasteiger partial charge in [-0.15, -0.1) is 0 Å². The molecule has 1 aliphatic heterocycles. The van der Waals surface area contributed by atoms with Crippen LogP contribution in [-0.4, -0.2) is 25.6 Å². The van der Waals surface area contributed by atoms with Gasteiger partial charge < -0.3 is 9.47 Å². The molecule has 0 N–H and O–H groups in total. The maximum atomic E-state index is 4.98. The van der Waals surface area contributed by atoms with Gasteiger partial charge in [0.15, 0.2) is 17.5 Å². The molecule has 7 aromatic carbocycles. The Morgan fingerprint density at radius 2 is 1.04 bits per heavy atom. The van der Waals surface area contributed by atoms with E-state index >= 15 is 0 Å². The number of nitrogens with zero attached hydrogens (tertiary/aromatic N) is 5. The number of aromatic nitrogens is 4. The molecule has 0 saturated carbocycles. The molecule has 11 rings (SSSR count). The topological polar surface area (TPSA) is 46.8 Å². The maximum absolute atomic E-state index is 4.98. The number of fused-ring (bicyclic) bond motifs is 8. The molecule has 5 heteroatoms. The van der Waals surface area contributed by atoms with Crippen molar-refractivity contribution in [1.29, 1.82) is 0 Å². The first-order valence-electron chi connectivity index (χ1n) is 18.5. The summed E-state index contributed by atoms with van der Waals surface area (Å²) in [5.74, 6) is 2.17. The molecule has 2 atom stereocenters. The Hall–Kier alpha value is -7.11. The molecular weight excluding hydrogens is 659 g/mol. The van der Waals surface area contributed by atoms with E-state index in [1.165, 1.54) is 49.5 Å². The Bertz CT molecular complexity index is 2890. The van der Waals surface area contributed by atoms with Crippen LogP contribution in [0.15, 0.2) is 188 Å². The molecule has 0 saturated heterocycles. The van der Waals surface area contributed by atoms with Crippen molar-refractivity contribution in [2.45, 2.75) is 12.0 Å². The van der Waals surface area contributed by atoms with Crippen molar-refractivity contribution in [2.24, 2.45) is 0 Å². The van der Waals surface area contributed by atoms with E-state index in [-0.39, 0.29) is 12.0 Å². The van der Waals surface area contributed by atoms with Crippen LogP contribution in [0.3, 0.4) is 0 Å². The fourth-order valence-electron chi connectivity index (χ4n) is 8.51. The van der Waals surface area contributed by atoms with Crippen molar-refractivity contribution in [3.05, 3.63) is 194 Å². The number of anilines is 2. The van der Waals surface area contributed by atoms with E-state index in [0.717, 1.165) is 22.4 Å². The van der Waals surface area contributed by atoms with Crippen LogP contribution in [0.1, 0.15) is 11.5 Å². The minimum atomic E-state index is 0.149. The number of rotatable bonds is 5. The Balaban J connectivity index is 1.05. The standard InChI is InChI=1S/C49H33N5/c1-3-14-33(15-4-1)47-50-48(34-16-5-2-6-17-34)52-49(51-47)35-24-26-37(27-25-35)53-41-21-11-9-19-39(41)45-43(53)29-30-44-46(45)40-20-10-12-22-42(40)54(44)38-28-23-32-13-7-8-18-36(32)31-38/h1-31,39,41H. The van der Waals surface area contributed by atoms with Crippen LogP contribution in [0.25, 0.3) is 72.4 Å². The van der Waals surface area contributed by atoms with Crippen molar-refractivity contribution >= 4 is 44.0 Å². The fraction of sp³-hybridized carbons (Fsp3) is 0.0408. The van der Waals surface area contributed by atoms with Crippen LogP contribution in [0.4, 0.5) is 11.4 Å². The lowest BCUT2D eigenvalue weighted by Gasteiger charge is -2.28. The zero-order valence-electron chi connectivity index (χ0n) is 29.3. The van der Waals surface area contributed by atoms with Crippen molar-refractivity contribution in [3.63, 3.8) is 0 Å². The highest BCUT2D eigenvalue weighted by molar-refractivity contribution is 6.14. The molecule has 0 amide bonds. The predicted molar refractivity (Wildman–Crippen MR) is 221 cm³/mol. The van der Waals surface area contributed by atoms with Gasteiger partial charge in [0.05, 0.1) is 17.1 Å². The van der Waals surface area contributed by atoms with Gasteiger partial charge in [-0.2, -0.15) is 0 Å². The Kier molecular flexibility index (Phi) is 6.92. The number of para-hydroxylation sites is 1. The Morgan fingerprint density at radius 3 is 1.76 bits per heavy atom. The molecule has 5 nitrogen and oxygen atoms in total. The maximum Gasteiger partial charge on any atom is 0.164 e. The first-order valence-corrected chi connectivity index (χ1v) is 18.5. The molecule has 0 bridgehead atoms. The van der Waals surface area contributed by atoms with Gasteiger partial charge in [-0.3, -0.25) is 0 Å². The smallest absolute Gasteiger partial charge is 0.164 e. The fourth-order valence-corrected chi connectivity index (χ4v) is 8.51. The van der Waals surface area contributed by atoms with Crippen molar-refractivity contribution in [2.75, 3.05) is 4.90 Å². The first kappa shape index (κ1) is 30.5. The van der Waals surface area contributed by atoms with E-state index in [0.29, 0.717) is 17.5 Å². The molecule has 0 fully saturated rings. The van der Waals surface area contributed by atoms with Crippen LogP contribution >= 0.6 is 0 Å². The normalized spacial score (nSPS) is 16.0. The minimum absolute atomic E-state index is 0.149. The summed E-state index contributed by atoms with van der Waals surface area (Å²) < 4.78 is 2.44. The summed E-state index contributed by atoms with van der Waals surface area (Å²) in [4.78, 5) is 17.3. The minimum Gasteiger partial charge on any atom is -0.333 e. The highest BCUT2D eigenvalue weighted by Gasteiger charge is 2.39. The molecule has 0 spiro atoms. The lowest BCUT2D eigenvalue weighted by molar-refractivity contribution is 0.747. The largest absolute Gasteiger partial charge is 0.333 e. The summed E-state index contributed by atoms with van der Waals surface area (Å²) in [7, 11) is 0. The van der Waals surface area contributed by atoms with E-state index in [9.17, 15) is 0 Å². The molecule has 2 unspecified atom stereocenters. The van der Waals surface area contributed by atoms with Crippen LogP contribution in [-0.2, 0) is 0 Å². The molecular formula is C49H33N5. The number of benzene rings is 7. The predicted octanol–water partition coefficient (Wildman–Crippen LogP) is 11.9. The van der Waals surface area contributed by atoms with Gasteiger partial charge in [0, 0.05) is 50.4 Å². The molecule has 254 valence electrons. The number of hydrogen-bond donors (Lipinski definition) is 0. The van der Waals surface area contributed by atoms with Crippen LogP contribution < -0.4 is 4.90 Å². The summed E-state index contributed by atoms with van der Waals surface area (Å²) in [5, 5.41) is 5.07. The third-order valence-corrected chi connectivity index (χ3v) is 10.9. The van der Waals surface area contributed by atoms with Crippen molar-refractivity contribution in [3.8, 4) is 39.9 Å². The van der Waals surface area contributed by atoms with Gasteiger partial charge in [0.1, 0.15) is 0 Å². The van der Waals surface area contributed by atoms with Gasteiger partial charge in [-0.05, 0) is 70.9 Å². The van der Waals surface area contributed by atoms with Gasteiger partial charge in [0.2, 0.25) is 0 Å². The van der Waals surface area contributed by atoms with Gasteiger partial charge in [0.25, 0.3) is 0 Å². The molecule has 54 heavy (non-hydrogen) atoms. The third-order valence-electron chi connectivity index (χ3n) is 10.9. The second-order valence-electron chi connectivity index (χ2n) is 14.0. The summed E-state index contributed by atoms with van der Waals surface area (Å²) >= 11 is 0. The zero-order valence-corrected chi connectivity index (χ0v) is 29.3. The van der Waals surface area contributed by atoms with E-state index in [4.69, 9.17) is 15.0 Å². The average Bonchev–Trinajstić information content (AvgIpc) is 3.77. The molecule has 3 heterocycles. The van der Waals surface area contributed by atoms with Gasteiger partial charge >= 0.3 is 0 Å². The highest BCUT2D eigenvalue weighted by atomic mass is 15.2. The quantitative estimate of drug-likeness (QED) is 0.180. The van der Waals surface area contributed by atoms with Crippen molar-refractivity contribution in [1.82, 2.24) is 19.5 Å². The molecule has 2 aliphatic rings. The van der Waals surface area contributed by atoms with E-state index in [1.54, 1.807) is 0 Å². The summed E-state index contributed by atoms with van der Waals surface area (Å²) in [5.41, 5.74) is 10.2. The monoisotopic (exact) mass is 691 g/mol. The van der Waals surface area contributed by atoms with Gasteiger partial charge in [-0.25, -0.2) is 15.0 Å². The average molecular weight is 692 g/mol. The molecule has 1 aliphatic carbocycles. The second-order valence-corrected chi connectivity index (χ2v) is 14.0. The lowest BCUT2D eigenvalue weighted by Crippen LogP contribution is -2.28. The Labute approximate surface area is 312 Å². The SMILES string of the molecule is C1=CC2c3c(ccc4c3c3ccccc3n4-c3ccc4ccccc4c3)N(c3ccc(-c4nc(-c5ccccc5)nc(-c5ccccc5)n4)cc3)C2C=C1. The third kappa shape index (κ3) is 4.82. The molecule has 0 radical (unpaired) electrons. The van der Waals surface area contributed by atoms with Gasteiger partial charge in [-0.1, -0.05) is 133 Å². The van der Waals surface area contributed by atoms with Crippen LogP contribution in [0, 0.1) is 0 Å². The summed E-state index contributed by atoms with van der Waals surface area (Å²) in [6, 6.07) is 58.0.